The average Bonchev–Trinajstić information content (AvgIpc) is 2.83. The van der Waals surface area contributed by atoms with Gasteiger partial charge < -0.3 is 50.7 Å². The van der Waals surface area contributed by atoms with Crippen LogP contribution in [0.25, 0.3) is 0 Å². The third-order valence-electron chi connectivity index (χ3n) is 3.72. The Kier molecular flexibility index (Phi) is 27.4. The fraction of sp³-hybridized carbons (Fsp3) is 0.550. The molecule has 0 saturated heterocycles. The predicted molar refractivity (Wildman–Crippen MR) is 116 cm³/mol. The van der Waals surface area contributed by atoms with E-state index >= 15 is 0 Å². The summed E-state index contributed by atoms with van der Waals surface area (Å²) in [5, 5.41) is 77.2. The molecule has 0 spiro atoms. The molecule has 0 saturated carbocycles. The highest BCUT2D eigenvalue weighted by atomic mass is 16.5. The molecule has 0 aliphatic rings. The van der Waals surface area contributed by atoms with E-state index in [1.807, 2.05) is 0 Å². The van der Waals surface area contributed by atoms with Crippen molar-refractivity contribution in [1.82, 2.24) is 0 Å². The minimum absolute atomic E-state index is 0.0468. The minimum Gasteiger partial charge on any atom is -0.478 e. The summed E-state index contributed by atoms with van der Waals surface area (Å²) in [4.78, 5) is 27.8. The number of ether oxygens (including phenoxy) is 1. The zero-order valence-corrected chi connectivity index (χ0v) is 18.4. The lowest BCUT2D eigenvalue weighted by molar-refractivity contribution is -0.132. The highest BCUT2D eigenvalue weighted by Gasteiger charge is 2.30. The van der Waals surface area contributed by atoms with Crippen LogP contribution in [0.4, 0.5) is 0 Å². The monoisotopic (exact) mass is 484 g/mol. The number of carboxylic acids is 3. The average molecular weight is 484 g/mol. The van der Waals surface area contributed by atoms with Gasteiger partial charge in [-0.2, -0.15) is 0 Å². The molecule has 0 aromatic carbocycles. The Hall–Kier alpha value is -2.65. The fourth-order valence-corrected chi connectivity index (χ4v) is 1.25. The molecule has 0 radical (unpaired) electrons. The van der Waals surface area contributed by atoms with E-state index < -0.39 is 48.6 Å². The van der Waals surface area contributed by atoms with Crippen LogP contribution in [0.15, 0.2) is 38.0 Å². The van der Waals surface area contributed by atoms with Crippen molar-refractivity contribution in [2.75, 3.05) is 52.9 Å². The van der Waals surface area contributed by atoms with Crippen molar-refractivity contribution < 1.29 is 65.1 Å². The van der Waals surface area contributed by atoms with Gasteiger partial charge in [-0.3, -0.25) is 0 Å². The first-order chi connectivity index (χ1) is 15.4. The molecule has 0 heterocycles. The largest absolute Gasteiger partial charge is 0.478 e. The molecule has 0 aliphatic heterocycles. The van der Waals surface area contributed by atoms with Gasteiger partial charge in [0.05, 0.1) is 51.7 Å². The van der Waals surface area contributed by atoms with Gasteiger partial charge in [0.2, 0.25) is 0 Å². The smallest absolute Gasteiger partial charge is 0.327 e. The number of hydrogen-bond acceptors (Lipinski definition) is 10. The Morgan fingerprint density at radius 2 is 0.848 bits per heavy atom. The summed E-state index contributed by atoms with van der Waals surface area (Å²) >= 11 is 0. The van der Waals surface area contributed by atoms with Crippen molar-refractivity contribution in [3.63, 3.8) is 0 Å². The van der Waals surface area contributed by atoms with E-state index in [9.17, 15) is 14.4 Å². The van der Waals surface area contributed by atoms with E-state index in [1.54, 1.807) is 0 Å². The summed E-state index contributed by atoms with van der Waals surface area (Å²) in [5.74, 6) is -2.94. The van der Waals surface area contributed by atoms with Crippen LogP contribution in [0.3, 0.4) is 0 Å². The Bertz CT molecular complexity index is 471. The van der Waals surface area contributed by atoms with Gasteiger partial charge >= 0.3 is 17.9 Å². The van der Waals surface area contributed by atoms with Crippen molar-refractivity contribution in [2.24, 2.45) is 10.8 Å². The molecule has 194 valence electrons. The van der Waals surface area contributed by atoms with E-state index in [-0.39, 0.29) is 39.5 Å². The molecule has 0 aliphatic carbocycles. The van der Waals surface area contributed by atoms with Gasteiger partial charge in [0.1, 0.15) is 0 Å². The molecule has 0 atom stereocenters. The van der Waals surface area contributed by atoms with Gasteiger partial charge in [-0.25, -0.2) is 14.4 Å². The molecule has 0 aromatic heterocycles. The zero-order chi connectivity index (χ0) is 26.9. The predicted octanol–water partition coefficient (Wildman–Crippen LogP) is -1.91. The number of hydrogen-bond donors (Lipinski definition) is 9. The standard InChI is InChI=1S/C11H24O7.3C3H4O2/c12-3-10(4-13,5-14)1-2-18-9-11(6-15,7-16)8-17;3*1-2-3(4)5/h12-17H,1-9H2;3*2H,1H2,(H,4,5). The van der Waals surface area contributed by atoms with Crippen molar-refractivity contribution in [3.8, 4) is 0 Å². The first kappa shape index (κ1) is 37.7. The highest BCUT2D eigenvalue weighted by Crippen LogP contribution is 2.21. The molecular weight excluding hydrogens is 448 g/mol. The summed E-state index contributed by atoms with van der Waals surface area (Å²) in [6.07, 6.45) is 2.73. The summed E-state index contributed by atoms with van der Waals surface area (Å²) in [7, 11) is 0. The van der Waals surface area contributed by atoms with E-state index in [1.165, 1.54) is 0 Å². The van der Waals surface area contributed by atoms with E-state index in [2.05, 4.69) is 19.7 Å². The van der Waals surface area contributed by atoms with Gasteiger partial charge in [0.25, 0.3) is 0 Å². The molecule has 0 amide bonds. The molecule has 33 heavy (non-hydrogen) atoms. The molecule has 0 bridgehead atoms. The SMILES string of the molecule is C=CC(=O)O.C=CC(=O)O.C=CC(=O)O.OCC(CO)(CO)CCOCC(CO)(CO)CO. The molecule has 13 heteroatoms. The normalized spacial score (nSPS) is 10.0. The molecule has 9 N–H and O–H groups in total. The minimum atomic E-state index is -1.10. The van der Waals surface area contributed by atoms with Crippen molar-refractivity contribution in [2.45, 2.75) is 6.42 Å². The van der Waals surface area contributed by atoms with Crippen LogP contribution in [0.5, 0.6) is 0 Å². The number of aliphatic hydroxyl groups excluding tert-OH is 6. The summed E-state index contributed by atoms with van der Waals surface area (Å²) in [6, 6.07) is 0. The van der Waals surface area contributed by atoms with E-state index in [0.717, 1.165) is 18.2 Å². The topological polar surface area (TPSA) is 243 Å². The first-order valence-corrected chi connectivity index (χ1v) is 9.18. The molecule has 0 fully saturated rings. The van der Waals surface area contributed by atoms with Crippen molar-refractivity contribution in [1.29, 1.82) is 0 Å². The number of rotatable bonds is 14. The summed E-state index contributed by atoms with van der Waals surface area (Å²) < 4.78 is 5.22. The molecule has 0 unspecified atom stereocenters. The van der Waals surface area contributed by atoms with E-state index in [0.29, 0.717) is 0 Å². The zero-order valence-electron chi connectivity index (χ0n) is 18.4. The van der Waals surface area contributed by atoms with Crippen molar-refractivity contribution in [3.05, 3.63) is 38.0 Å². The molecule has 0 rings (SSSR count). The lowest BCUT2D eigenvalue weighted by Crippen LogP contribution is -2.40. The Morgan fingerprint density at radius 1 is 0.606 bits per heavy atom. The van der Waals surface area contributed by atoms with Crippen LogP contribution >= 0.6 is 0 Å². The Labute approximate surface area is 191 Å². The second-order valence-corrected chi connectivity index (χ2v) is 6.38. The third kappa shape index (κ3) is 23.8. The Balaban J connectivity index is -0.000000226. The van der Waals surface area contributed by atoms with Crippen LogP contribution in [0, 0.1) is 10.8 Å². The summed E-state index contributed by atoms with van der Waals surface area (Å²) in [5.41, 5.74) is -2.10. The maximum absolute atomic E-state index is 9.25. The summed E-state index contributed by atoms with van der Waals surface area (Å²) in [6.45, 7) is 6.63. The van der Waals surface area contributed by atoms with Crippen LogP contribution < -0.4 is 0 Å². The maximum Gasteiger partial charge on any atom is 0.327 e. The highest BCUT2D eigenvalue weighted by molar-refractivity contribution is 5.79. The fourth-order valence-electron chi connectivity index (χ4n) is 1.25. The van der Waals surface area contributed by atoms with Crippen LogP contribution in [0.1, 0.15) is 6.42 Å². The molecule has 13 nitrogen and oxygen atoms in total. The second-order valence-electron chi connectivity index (χ2n) is 6.38. The van der Waals surface area contributed by atoms with Crippen LogP contribution in [-0.4, -0.2) is 117 Å². The molecular formula is C20H36O13. The van der Waals surface area contributed by atoms with E-state index in [4.69, 9.17) is 50.7 Å². The quantitative estimate of drug-likeness (QED) is 0.0966. The number of carboxylic acid groups (broad SMARTS) is 3. The van der Waals surface area contributed by atoms with Gasteiger partial charge in [-0.1, -0.05) is 19.7 Å². The van der Waals surface area contributed by atoms with Crippen molar-refractivity contribution >= 4 is 17.9 Å². The van der Waals surface area contributed by atoms with Crippen LogP contribution in [-0.2, 0) is 19.1 Å². The van der Waals surface area contributed by atoms with Gasteiger partial charge in [0.15, 0.2) is 0 Å². The van der Waals surface area contributed by atoms with Gasteiger partial charge in [0, 0.05) is 30.2 Å². The number of carbonyl (C=O) groups is 3. The number of aliphatic carboxylic acids is 3. The Morgan fingerprint density at radius 3 is 1.03 bits per heavy atom. The van der Waals surface area contributed by atoms with Crippen LogP contribution in [0.2, 0.25) is 0 Å². The van der Waals surface area contributed by atoms with Gasteiger partial charge in [-0.05, 0) is 6.42 Å². The first-order valence-electron chi connectivity index (χ1n) is 9.18. The second kappa shape index (κ2) is 24.0. The van der Waals surface area contributed by atoms with Gasteiger partial charge in [-0.15, -0.1) is 0 Å². The number of aliphatic hydroxyl groups is 6. The lowest BCUT2D eigenvalue weighted by atomic mass is 9.87. The molecule has 0 aromatic rings. The maximum atomic E-state index is 9.25. The third-order valence-corrected chi connectivity index (χ3v) is 3.72. The lowest BCUT2D eigenvalue weighted by Gasteiger charge is -2.29.